The topological polar surface area (TPSA) is 58.5 Å². The first-order valence-corrected chi connectivity index (χ1v) is 8.62. The van der Waals surface area contributed by atoms with Gasteiger partial charge in [0.15, 0.2) is 5.96 Å². The molecule has 6 heteroatoms. The lowest BCUT2D eigenvalue weighted by atomic mass is 10.1. The van der Waals surface area contributed by atoms with E-state index in [0.717, 1.165) is 43.3 Å². The Bertz CT molecular complexity index is 701. The standard InChI is InChI=1S/C20H28N4O.HI/c1-15-5-8-19(25-4)18(13-15)10-12-23-20(21-3)22-11-9-17-7-6-16(2)24-14-17;/h5-8,13-14H,9-12H2,1-4H3,(H2,21,22,23);1H. The van der Waals surface area contributed by atoms with E-state index in [1.165, 1.54) is 16.7 Å². The number of ether oxygens (including phenoxy) is 1. The summed E-state index contributed by atoms with van der Waals surface area (Å²) in [6.45, 7) is 5.71. The van der Waals surface area contributed by atoms with Crippen molar-refractivity contribution in [2.45, 2.75) is 26.7 Å². The zero-order valence-corrected chi connectivity index (χ0v) is 18.3. The fourth-order valence-electron chi connectivity index (χ4n) is 2.61. The van der Waals surface area contributed by atoms with Gasteiger partial charge in [0.25, 0.3) is 0 Å². The maximum atomic E-state index is 5.43. The van der Waals surface area contributed by atoms with Crippen LogP contribution in [0.1, 0.15) is 22.4 Å². The van der Waals surface area contributed by atoms with Crippen LogP contribution >= 0.6 is 24.0 Å². The summed E-state index contributed by atoms with van der Waals surface area (Å²) < 4.78 is 5.43. The van der Waals surface area contributed by atoms with Crippen LogP contribution in [0.4, 0.5) is 0 Å². The van der Waals surface area contributed by atoms with Crippen molar-refractivity contribution in [3.8, 4) is 5.75 Å². The summed E-state index contributed by atoms with van der Waals surface area (Å²) in [5, 5.41) is 6.69. The number of aromatic nitrogens is 1. The van der Waals surface area contributed by atoms with Crippen LogP contribution in [0.2, 0.25) is 0 Å². The Kier molecular flexibility index (Phi) is 10.0. The zero-order chi connectivity index (χ0) is 18.1. The van der Waals surface area contributed by atoms with Gasteiger partial charge in [-0.15, -0.1) is 24.0 Å². The van der Waals surface area contributed by atoms with Crippen molar-refractivity contribution in [1.29, 1.82) is 0 Å². The molecule has 5 nitrogen and oxygen atoms in total. The molecule has 1 aromatic heterocycles. The van der Waals surface area contributed by atoms with Crippen molar-refractivity contribution in [2.75, 3.05) is 27.2 Å². The Morgan fingerprint density at radius 2 is 1.81 bits per heavy atom. The molecule has 0 aliphatic rings. The highest BCUT2D eigenvalue weighted by atomic mass is 127. The van der Waals surface area contributed by atoms with Crippen LogP contribution in [0.25, 0.3) is 0 Å². The Labute approximate surface area is 173 Å². The first-order chi connectivity index (χ1) is 12.1. The number of nitrogens with zero attached hydrogens (tertiary/aromatic N) is 2. The average Bonchev–Trinajstić information content (AvgIpc) is 2.62. The maximum Gasteiger partial charge on any atom is 0.190 e. The van der Waals surface area contributed by atoms with Crippen LogP contribution in [0, 0.1) is 13.8 Å². The third-order valence-electron chi connectivity index (χ3n) is 4.03. The number of benzene rings is 1. The van der Waals surface area contributed by atoms with Crippen molar-refractivity contribution in [2.24, 2.45) is 4.99 Å². The van der Waals surface area contributed by atoms with Crippen LogP contribution in [-0.4, -0.2) is 38.2 Å². The number of hydrogen-bond acceptors (Lipinski definition) is 3. The van der Waals surface area contributed by atoms with Gasteiger partial charge in [-0.25, -0.2) is 0 Å². The summed E-state index contributed by atoms with van der Waals surface area (Å²) in [6, 6.07) is 10.4. The number of aryl methyl sites for hydroxylation is 2. The van der Waals surface area contributed by atoms with Gasteiger partial charge in [0, 0.05) is 32.0 Å². The second-order valence-electron chi connectivity index (χ2n) is 6.05. The number of halogens is 1. The monoisotopic (exact) mass is 468 g/mol. The summed E-state index contributed by atoms with van der Waals surface area (Å²) >= 11 is 0. The molecule has 0 saturated carbocycles. The molecule has 0 aliphatic carbocycles. The Morgan fingerprint density at radius 1 is 1.08 bits per heavy atom. The zero-order valence-electron chi connectivity index (χ0n) is 16.0. The van der Waals surface area contributed by atoms with Crippen LogP contribution in [0.5, 0.6) is 5.75 Å². The van der Waals surface area contributed by atoms with E-state index in [4.69, 9.17) is 4.74 Å². The molecule has 0 bridgehead atoms. The second kappa shape index (κ2) is 11.7. The molecule has 0 aliphatic heterocycles. The van der Waals surface area contributed by atoms with Crippen molar-refractivity contribution in [3.05, 3.63) is 58.9 Å². The van der Waals surface area contributed by atoms with Gasteiger partial charge in [0.1, 0.15) is 5.75 Å². The number of pyridine rings is 1. The van der Waals surface area contributed by atoms with Gasteiger partial charge in [0.2, 0.25) is 0 Å². The molecule has 142 valence electrons. The highest BCUT2D eigenvalue weighted by Crippen LogP contribution is 2.19. The summed E-state index contributed by atoms with van der Waals surface area (Å²) in [5.41, 5.74) is 4.71. The summed E-state index contributed by atoms with van der Waals surface area (Å²) in [4.78, 5) is 8.59. The molecular weight excluding hydrogens is 439 g/mol. The molecule has 0 fully saturated rings. The van der Waals surface area contributed by atoms with Crippen molar-refractivity contribution >= 4 is 29.9 Å². The van der Waals surface area contributed by atoms with E-state index in [2.05, 4.69) is 45.7 Å². The van der Waals surface area contributed by atoms with E-state index in [9.17, 15) is 0 Å². The van der Waals surface area contributed by atoms with Gasteiger partial charge in [-0.3, -0.25) is 9.98 Å². The lowest BCUT2D eigenvalue weighted by molar-refractivity contribution is 0.409. The summed E-state index contributed by atoms with van der Waals surface area (Å²) in [6.07, 6.45) is 3.73. The molecule has 0 amide bonds. The van der Waals surface area contributed by atoms with Crippen molar-refractivity contribution in [1.82, 2.24) is 15.6 Å². The third kappa shape index (κ3) is 7.19. The smallest absolute Gasteiger partial charge is 0.190 e. The van der Waals surface area contributed by atoms with E-state index in [-0.39, 0.29) is 24.0 Å². The maximum absolute atomic E-state index is 5.43. The normalized spacial score (nSPS) is 10.8. The molecule has 2 aromatic rings. The first-order valence-electron chi connectivity index (χ1n) is 8.62. The molecule has 1 heterocycles. The number of aliphatic imine (C=N–C) groups is 1. The number of methoxy groups -OCH3 is 1. The average molecular weight is 468 g/mol. The van der Waals surface area contributed by atoms with Gasteiger partial charge in [-0.1, -0.05) is 23.8 Å². The largest absolute Gasteiger partial charge is 0.496 e. The van der Waals surface area contributed by atoms with Crippen LogP contribution in [0.3, 0.4) is 0 Å². The highest BCUT2D eigenvalue weighted by molar-refractivity contribution is 14.0. The molecule has 0 unspecified atom stereocenters. The fourth-order valence-corrected chi connectivity index (χ4v) is 2.61. The Morgan fingerprint density at radius 3 is 2.42 bits per heavy atom. The predicted molar refractivity (Wildman–Crippen MR) is 119 cm³/mol. The molecule has 2 N–H and O–H groups in total. The SMILES string of the molecule is CN=C(NCCc1ccc(C)nc1)NCCc1cc(C)ccc1OC.I. The molecule has 2 rings (SSSR count). The molecule has 0 saturated heterocycles. The van der Waals surface area contributed by atoms with Gasteiger partial charge < -0.3 is 15.4 Å². The highest BCUT2D eigenvalue weighted by Gasteiger charge is 2.04. The number of guanidine groups is 1. The van der Waals surface area contributed by atoms with Crippen LogP contribution in [-0.2, 0) is 12.8 Å². The van der Waals surface area contributed by atoms with Crippen LogP contribution in [0.15, 0.2) is 41.5 Å². The molecule has 0 spiro atoms. The summed E-state index contributed by atoms with van der Waals surface area (Å²) in [7, 11) is 3.50. The van der Waals surface area contributed by atoms with E-state index in [0.29, 0.717) is 0 Å². The number of rotatable bonds is 7. The molecule has 26 heavy (non-hydrogen) atoms. The molecule has 0 atom stereocenters. The van der Waals surface area contributed by atoms with Gasteiger partial charge in [-0.2, -0.15) is 0 Å². The lowest BCUT2D eigenvalue weighted by Crippen LogP contribution is -2.39. The quantitative estimate of drug-likeness (QED) is 0.372. The predicted octanol–water partition coefficient (Wildman–Crippen LogP) is 3.28. The van der Waals surface area contributed by atoms with Crippen molar-refractivity contribution in [3.63, 3.8) is 0 Å². The van der Waals surface area contributed by atoms with Gasteiger partial charge in [-0.05, 0) is 49.9 Å². The van der Waals surface area contributed by atoms with Crippen molar-refractivity contribution < 1.29 is 4.74 Å². The van der Waals surface area contributed by atoms with E-state index in [1.807, 2.05) is 25.3 Å². The van der Waals surface area contributed by atoms with E-state index >= 15 is 0 Å². The minimum Gasteiger partial charge on any atom is -0.496 e. The summed E-state index contributed by atoms with van der Waals surface area (Å²) in [5.74, 6) is 1.74. The molecule has 1 aromatic carbocycles. The van der Waals surface area contributed by atoms with Gasteiger partial charge in [0.05, 0.1) is 7.11 Å². The Balaban J connectivity index is 0.00000338. The first kappa shape index (κ1) is 22.2. The second-order valence-corrected chi connectivity index (χ2v) is 6.05. The number of nitrogens with one attached hydrogen (secondary N) is 2. The Hall–Kier alpha value is -1.83. The fraction of sp³-hybridized carbons (Fsp3) is 0.400. The minimum atomic E-state index is 0. The number of hydrogen-bond donors (Lipinski definition) is 2. The third-order valence-corrected chi connectivity index (χ3v) is 4.03. The van der Waals surface area contributed by atoms with E-state index in [1.54, 1.807) is 14.2 Å². The van der Waals surface area contributed by atoms with E-state index < -0.39 is 0 Å². The molecule has 0 radical (unpaired) electrons. The minimum absolute atomic E-state index is 0. The van der Waals surface area contributed by atoms with Crippen LogP contribution < -0.4 is 15.4 Å². The molecular formula is C20H29IN4O. The lowest BCUT2D eigenvalue weighted by Gasteiger charge is -2.13. The van der Waals surface area contributed by atoms with Gasteiger partial charge >= 0.3 is 0 Å².